The highest BCUT2D eigenvalue weighted by molar-refractivity contribution is 5.75. The highest BCUT2D eigenvalue weighted by Crippen LogP contribution is 2.14. The molecule has 0 rings (SSSR count). The molecule has 3 nitrogen and oxygen atoms in total. The number of ether oxygens (including phenoxy) is 1. The molecule has 0 aliphatic heterocycles. The maximum Gasteiger partial charge on any atom is 0.401 e. The van der Waals surface area contributed by atoms with Crippen molar-refractivity contribution < 1.29 is 22.7 Å². The Balaban J connectivity index is 3.85. The topological polar surface area (TPSA) is 38.3 Å². The molecule has 0 bridgehead atoms. The third kappa shape index (κ3) is 11.1. The fourth-order valence-electron chi connectivity index (χ4n) is 1.99. The summed E-state index contributed by atoms with van der Waals surface area (Å²) in [6, 6.07) is -0.864. The van der Waals surface area contributed by atoms with Crippen molar-refractivity contribution in [1.29, 1.82) is 0 Å². The molecule has 0 aliphatic rings. The Labute approximate surface area is 119 Å². The number of carbonyl (C=O) groups is 1. The molecule has 1 unspecified atom stereocenters. The van der Waals surface area contributed by atoms with Crippen LogP contribution in [-0.2, 0) is 9.53 Å². The molecule has 0 saturated heterocycles. The first-order valence-corrected chi connectivity index (χ1v) is 7.28. The Morgan fingerprint density at radius 3 is 2.15 bits per heavy atom. The van der Waals surface area contributed by atoms with Gasteiger partial charge in [0.25, 0.3) is 0 Å². The largest absolute Gasteiger partial charge is 0.468 e. The molecule has 1 atom stereocenters. The molecule has 0 aromatic carbocycles. The van der Waals surface area contributed by atoms with E-state index in [1.165, 1.54) is 26.4 Å². The molecule has 120 valence electrons. The maximum absolute atomic E-state index is 12.1. The van der Waals surface area contributed by atoms with Crippen molar-refractivity contribution in [3.8, 4) is 0 Å². The zero-order chi connectivity index (χ0) is 15.4. The van der Waals surface area contributed by atoms with Gasteiger partial charge in [-0.1, -0.05) is 51.9 Å². The Morgan fingerprint density at radius 2 is 1.65 bits per heavy atom. The molecule has 0 aliphatic carbocycles. The summed E-state index contributed by atoms with van der Waals surface area (Å²) in [5.41, 5.74) is 0. The lowest BCUT2D eigenvalue weighted by atomic mass is 10.1. The number of esters is 1. The monoisotopic (exact) mass is 297 g/mol. The van der Waals surface area contributed by atoms with Crippen LogP contribution in [0.25, 0.3) is 0 Å². The molecule has 0 spiro atoms. The normalized spacial score (nSPS) is 13.2. The Morgan fingerprint density at radius 1 is 1.10 bits per heavy atom. The van der Waals surface area contributed by atoms with Gasteiger partial charge >= 0.3 is 12.1 Å². The number of alkyl halides is 3. The molecule has 20 heavy (non-hydrogen) atoms. The van der Waals surface area contributed by atoms with Crippen LogP contribution in [0.3, 0.4) is 0 Å². The lowest BCUT2D eigenvalue weighted by Gasteiger charge is -2.17. The van der Waals surface area contributed by atoms with E-state index in [1.807, 2.05) is 0 Å². The van der Waals surface area contributed by atoms with Crippen LogP contribution in [0.15, 0.2) is 0 Å². The first-order valence-electron chi connectivity index (χ1n) is 7.28. The first-order chi connectivity index (χ1) is 9.40. The quantitative estimate of drug-likeness (QED) is 0.465. The number of rotatable bonds is 11. The van der Waals surface area contributed by atoms with Gasteiger partial charge in [0.2, 0.25) is 0 Å². The van der Waals surface area contributed by atoms with Crippen LogP contribution < -0.4 is 5.32 Å². The van der Waals surface area contributed by atoms with E-state index in [1.54, 1.807) is 0 Å². The van der Waals surface area contributed by atoms with Gasteiger partial charge in [-0.2, -0.15) is 13.2 Å². The van der Waals surface area contributed by atoms with Gasteiger partial charge in [0.1, 0.15) is 6.04 Å². The number of halogens is 3. The predicted molar refractivity (Wildman–Crippen MR) is 72.5 cm³/mol. The van der Waals surface area contributed by atoms with E-state index in [4.69, 9.17) is 0 Å². The van der Waals surface area contributed by atoms with Gasteiger partial charge < -0.3 is 4.74 Å². The van der Waals surface area contributed by atoms with Crippen LogP contribution in [0.5, 0.6) is 0 Å². The molecular formula is C14H26F3NO2. The minimum Gasteiger partial charge on any atom is -0.468 e. The van der Waals surface area contributed by atoms with Gasteiger partial charge in [0.05, 0.1) is 13.7 Å². The van der Waals surface area contributed by atoms with Gasteiger partial charge in [0, 0.05) is 0 Å². The SMILES string of the molecule is CCCCCCCCCC(NCC(F)(F)F)C(=O)OC. The van der Waals surface area contributed by atoms with E-state index in [-0.39, 0.29) is 0 Å². The summed E-state index contributed by atoms with van der Waals surface area (Å²) in [5.74, 6) is -0.625. The second kappa shape index (κ2) is 10.9. The van der Waals surface area contributed by atoms with Crippen LogP contribution in [0.2, 0.25) is 0 Å². The lowest BCUT2D eigenvalue weighted by molar-refractivity contribution is -0.146. The van der Waals surface area contributed by atoms with E-state index in [9.17, 15) is 18.0 Å². The fraction of sp³-hybridized carbons (Fsp3) is 0.929. The molecule has 1 N–H and O–H groups in total. The minimum atomic E-state index is -4.31. The third-order valence-electron chi connectivity index (χ3n) is 3.13. The van der Waals surface area contributed by atoms with E-state index in [0.29, 0.717) is 6.42 Å². The van der Waals surface area contributed by atoms with Crippen molar-refractivity contribution in [3.63, 3.8) is 0 Å². The van der Waals surface area contributed by atoms with Crippen LogP contribution >= 0.6 is 0 Å². The van der Waals surface area contributed by atoms with Gasteiger partial charge in [-0.3, -0.25) is 10.1 Å². The summed E-state index contributed by atoms with van der Waals surface area (Å²) in [5, 5.41) is 2.22. The third-order valence-corrected chi connectivity index (χ3v) is 3.13. The number of methoxy groups -OCH3 is 1. The minimum absolute atomic E-state index is 0.385. The summed E-state index contributed by atoms with van der Waals surface area (Å²) >= 11 is 0. The maximum atomic E-state index is 12.1. The molecule has 0 saturated carbocycles. The second-order valence-electron chi connectivity index (χ2n) is 4.98. The van der Waals surface area contributed by atoms with Crippen molar-refractivity contribution in [2.24, 2.45) is 0 Å². The van der Waals surface area contributed by atoms with Crippen molar-refractivity contribution in [3.05, 3.63) is 0 Å². The van der Waals surface area contributed by atoms with Crippen molar-refractivity contribution in [2.75, 3.05) is 13.7 Å². The van der Waals surface area contributed by atoms with Gasteiger partial charge in [0.15, 0.2) is 0 Å². The molecule has 0 aromatic rings. The Bertz CT molecular complexity index is 257. The predicted octanol–water partition coefficient (Wildman–Crippen LogP) is 3.82. The summed E-state index contributed by atoms with van der Waals surface area (Å²) in [4.78, 5) is 11.4. The van der Waals surface area contributed by atoms with Crippen LogP contribution in [-0.4, -0.2) is 31.8 Å². The zero-order valence-corrected chi connectivity index (χ0v) is 12.4. The second-order valence-corrected chi connectivity index (χ2v) is 4.98. The average Bonchev–Trinajstić information content (AvgIpc) is 2.39. The van der Waals surface area contributed by atoms with E-state index >= 15 is 0 Å². The number of hydrogen-bond donors (Lipinski definition) is 1. The summed E-state index contributed by atoms with van der Waals surface area (Å²) in [6.45, 7) is 0.983. The summed E-state index contributed by atoms with van der Waals surface area (Å²) < 4.78 is 40.9. The smallest absolute Gasteiger partial charge is 0.401 e. The van der Waals surface area contributed by atoms with Crippen LogP contribution in [0.4, 0.5) is 13.2 Å². The Kier molecular flexibility index (Phi) is 10.5. The molecule has 0 heterocycles. The number of unbranched alkanes of at least 4 members (excludes halogenated alkanes) is 6. The highest BCUT2D eigenvalue weighted by atomic mass is 19.4. The van der Waals surface area contributed by atoms with Crippen molar-refractivity contribution >= 4 is 5.97 Å². The number of carbonyl (C=O) groups excluding carboxylic acids is 1. The van der Waals surface area contributed by atoms with Crippen molar-refractivity contribution in [2.45, 2.75) is 70.5 Å². The van der Waals surface area contributed by atoms with Crippen LogP contribution in [0, 0.1) is 0 Å². The first kappa shape index (κ1) is 19.2. The summed E-state index contributed by atoms with van der Waals surface area (Å²) in [6.07, 6.45) is 3.55. The molecule has 0 radical (unpaired) electrons. The number of hydrogen-bond acceptors (Lipinski definition) is 3. The van der Waals surface area contributed by atoms with Gasteiger partial charge in [-0.05, 0) is 6.42 Å². The van der Waals surface area contributed by atoms with E-state index in [2.05, 4.69) is 17.0 Å². The fourth-order valence-corrected chi connectivity index (χ4v) is 1.99. The van der Waals surface area contributed by atoms with Gasteiger partial charge in [-0.15, -0.1) is 0 Å². The molecule has 6 heteroatoms. The molecular weight excluding hydrogens is 271 g/mol. The lowest BCUT2D eigenvalue weighted by Crippen LogP contribution is -2.42. The summed E-state index contributed by atoms with van der Waals surface area (Å²) in [7, 11) is 1.19. The standard InChI is InChI=1S/C14H26F3NO2/c1-3-4-5-6-7-8-9-10-12(13(19)20-2)18-11-14(15,16)17/h12,18H,3-11H2,1-2H3. The number of nitrogens with one attached hydrogen (secondary N) is 1. The molecule has 0 fully saturated rings. The van der Waals surface area contributed by atoms with Crippen molar-refractivity contribution in [1.82, 2.24) is 5.32 Å². The molecule has 0 amide bonds. The molecule has 0 aromatic heterocycles. The van der Waals surface area contributed by atoms with Crippen LogP contribution in [0.1, 0.15) is 58.3 Å². The Hall–Kier alpha value is -0.780. The highest BCUT2D eigenvalue weighted by Gasteiger charge is 2.30. The average molecular weight is 297 g/mol. The van der Waals surface area contributed by atoms with E-state index in [0.717, 1.165) is 25.7 Å². The zero-order valence-electron chi connectivity index (χ0n) is 12.4. The van der Waals surface area contributed by atoms with Gasteiger partial charge in [-0.25, -0.2) is 0 Å². The van der Waals surface area contributed by atoms with E-state index < -0.39 is 24.7 Å².